The van der Waals surface area contributed by atoms with E-state index in [4.69, 9.17) is 0 Å². The van der Waals surface area contributed by atoms with Crippen LogP contribution in [0.25, 0.3) is 0 Å². The molecule has 0 aliphatic carbocycles. The number of aromatic nitrogens is 1. The summed E-state index contributed by atoms with van der Waals surface area (Å²) >= 11 is 0. The first-order valence-corrected chi connectivity index (χ1v) is 7.27. The standard InChI is InChI=1S/C11H16N2O2S/c1-16(14,15)13-7-4-10(5-8-13)11-3-2-6-12-9-11/h2-3,6,9-10H,4-5,7-8H2,1H3. The first-order valence-electron chi connectivity index (χ1n) is 5.42. The minimum absolute atomic E-state index is 0.451. The number of pyridine rings is 1. The summed E-state index contributed by atoms with van der Waals surface area (Å²) in [4.78, 5) is 4.10. The van der Waals surface area contributed by atoms with Crippen molar-refractivity contribution in [1.82, 2.24) is 9.29 Å². The Labute approximate surface area is 96.4 Å². The molecule has 1 aromatic rings. The van der Waals surface area contributed by atoms with Gasteiger partial charge < -0.3 is 0 Å². The molecular formula is C11H16N2O2S. The zero-order chi connectivity index (χ0) is 11.6. The molecule has 0 bridgehead atoms. The number of hydrogen-bond acceptors (Lipinski definition) is 3. The van der Waals surface area contributed by atoms with E-state index in [1.165, 1.54) is 11.8 Å². The highest BCUT2D eigenvalue weighted by atomic mass is 32.2. The van der Waals surface area contributed by atoms with E-state index >= 15 is 0 Å². The molecule has 88 valence electrons. The first-order chi connectivity index (χ1) is 7.57. The highest BCUT2D eigenvalue weighted by Gasteiger charge is 2.25. The lowest BCUT2D eigenvalue weighted by Crippen LogP contribution is -2.37. The smallest absolute Gasteiger partial charge is 0.211 e. The Balaban J connectivity index is 2.01. The van der Waals surface area contributed by atoms with E-state index in [0.29, 0.717) is 19.0 Å². The summed E-state index contributed by atoms with van der Waals surface area (Å²) in [6.07, 6.45) is 6.69. The number of piperidine rings is 1. The lowest BCUT2D eigenvalue weighted by Gasteiger charge is -2.30. The zero-order valence-electron chi connectivity index (χ0n) is 9.33. The monoisotopic (exact) mass is 240 g/mol. The van der Waals surface area contributed by atoms with Crippen LogP contribution in [0.3, 0.4) is 0 Å². The number of hydrogen-bond donors (Lipinski definition) is 0. The van der Waals surface area contributed by atoms with E-state index in [1.54, 1.807) is 10.5 Å². The fraction of sp³-hybridized carbons (Fsp3) is 0.545. The molecule has 0 atom stereocenters. The summed E-state index contributed by atoms with van der Waals surface area (Å²) in [6.45, 7) is 1.25. The molecule has 0 saturated carbocycles. The Hall–Kier alpha value is -0.940. The van der Waals surface area contributed by atoms with Crippen LogP contribution in [-0.4, -0.2) is 37.1 Å². The summed E-state index contributed by atoms with van der Waals surface area (Å²) in [6, 6.07) is 3.99. The van der Waals surface area contributed by atoms with Crippen molar-refractivity contribution < 1.29 is 8.42 Å². The molecule has 0 aromatic carbocycles. The lowest BCUT2D eigenvalue weighted by molar-refractivity contribution is 0.321. The first kappa shape index (κ1) is 11.5. The van der Waals surface area contributed by atoms with Gasteiger partial charge in [0, 0.05) is 25.5 Å². The highest BCUT2D eigenvalue weighted by Crippen LogP contribution is 2.27. The molecule has 2 rings (SSSR count). The molecule has 0 unspecified atom stereocenters. The zero-order valence-corrected chi connectivity index (χ0v) is 10.2. The fourth-order valence-corrected chi connectivity index (χ4v) is 3.01. The van der Waals surface area contributed by atoms with Crippen LogP contribution in [0.4, 0.5) is 0 Å². The largest absolute Gasteiger partial charge is 0.264 e. The third-order valence-electron chi connectivity index (χ3n) is 3.08. The predicted octanol–water partition coefficient (Wildman–Crippen LogP) is 1.22. The normalized spacial score (nSPS) is 19.8. The SMILES string of the molecule is CS(=O)(=O)N1CCC(c2cccnc2)CC1. The Morgan fingerprint density at radius 1 is 1.38 bits per heavy atom. The summed E-state index contributed by atoms with van der Waals surface area (Å²) in [7, 11) is -3.01. The summed E-state index contributed by atoms with van der Waals surface area (Å²) in [5.74, 6) is 0.451. The molecule has 0 N–H and O–H groups in total. The van der Waals surface area contributed by atoms with E-state index in [-0.39, 0.29) is 0 Å². The molecule has 5 heteroatoms. The van der Waals surface area contributed by atoms with Gasteiger partial charge in [-0.2, -0.15) is 0 Å². The topological polar surface area (TPSA) is 50.3 Å². The Bertz CT molecular complexity index is 436. The van der Waals surface area contributed by atoms with Crippen molar-refractivity contribution in [2.45, 2.75) is 18.8 Å². The molecule has 4 nitrogen and oxygen atoms in total. The van der Waals surface area contributed by atoms with Crippen molar-refractivity contribution in [1.29, 1.82) is 0 Å². The van der Waals surface area contributed by atoms with Crippen LogP contribution in [0, 0.1) is 0 Å². The molecule has 0 spiro atoms. The second-order valence-electron chi connectivity index (χ2n) is 4.22. The molecule has 1 aliphatic rings. The molecular weight excluding hydrogens is 224 g/mol. The quantitative estimate of drug-likeness (QED) is 0.781. The van der Waals surface area contributed by atoms with Crippen molar-refractivity contribution >= 4 is 10.0 Å². The van der Waals surface area contributed by atoms with Gasteiger partial charge in [0.05, 0.1) is 6.26 Å². The van der Waals surface area contributed by atoms with Gasteiger partial charge in [-0.1, -0.05) is 6.07 Å². The third-order valence-corrected chi connectivity index (χ3v) is 4.38. The van der Waals surface area contributed by atoms with Crippen molar-refractivity contribution in [3.8, 4) is 0 Å². The number of nitrogens with zero attached hydrogens (tertiary/aromatic N) is 2. The van der Waals surface area contributed by atoms with Crippen LogP contribution in [0.2, 0.25) is 0 Å². The molecule has 1 saturated heterocycles. The van der Waals surface area contributed by atoms with Gasteiger partial charge in [-0.15, -0.1) is 0 Å². The molecule has 16 heavy (non-hydrogen) atoms. The highest BCUT2D eigenvalue weighted by molar-refractivity contribution is 7.88. The predicted molar refractivity (Wildman–Crippen MR) is 62.6 cm³/mol. The Morgan fingerprint density at radius 2 is 2.06 bits per heavy atom. The van der Waals surface area contributed by atoms with Crippen molar-refractivity contribution in [2.75, 3.05) is 19.3 Å². The molecule has 0 amide bonds. The number of rotatable bonds is 2. The lowest BCUT2D eigenvalue weighted by atomic mass is 9.91. The van der Waals surface area contributed by atoms with Crippen LogP contribution in [0.15, 0.2) is 24.5 Å². The molecule has 1 fully saturated rings. The molecule has 1 aromatic heterocycles. The van der Waals surface area contributed by atoms with Crippen LogP contribution in [0.5, 0.6) is 0 Å². The summed E-state index contributed by atoms with van der Waals surface area (Å²) in [5, 5.41) is 0. The average molecular weight is 240 g/mol. The van der Waals surface area contributed by atoms with Gasteiger partial charge in [-0.3, -0.25) is 4.98 Å². The van der Waals surface area contributed by atoms with Gasteiger partial charge in [0.2, 0.25) is 10.0 Å². The van der Waals surface area contributed by atoms with Crippen LogP contribution in [0.1, 0.15) is 24.3 Å². The second kappa shape index (κ2) is 4.51. The minimum atomic E-state index is -3.01. The summed E-state index contributed by atoms with van der Waals surface area (Å²) in [5.41, 5.74) is 1.22. The maximum Gasteiger partial charge on any atom is 0.211 e. The maximum atomic E-state index is 11.3. The van der Waals surface area contributed by atoms with E-state index < -0.39 is 10.0 Å². The summed E-state index contributed by atoms with van der Waals surface area (Å²) < 4.78 is 24.2. The fourth-order valence-electron chi connectivity index (χ4n) is 2.14. The van der Waals surface area contributed by atoms with Gasteiger partial charge in [0.25, 0.3) is 0 Å². The van der Waals surface area contributed by atoms with Gasteiger partial charge in [-0.25, -0.2) is 12.7 Å². The average Bonchev–Trinajstić information content (AvgIpc) is 2.29. The van der Waals surface area contributed by atoms with Gasteiger partial charge in [0.15, 0.2) is 0 Å². The van der Waals surface area contributed by atoms with Crippen LogP contribution < -0.4 is 0 Å². The van der Waals surface area contributed by atoms with Crippen molar-refractivity contribution in [2.24, 2.45) is 0 Å². The van der Waals surface area contributed by atoms with Crippen LogP contribution in [-0.2, 0) is 10.0 Å². The Morgan fingerprint density at radius 3 is 2.56 bits per heavy atom. The molecule has 0 radical (unpaired) electrons. The third kappa shape index (κ3) is 2.59. The van der Waals surface area contributed by atoms with E-state index in [1.807, 2.05) is 12.3 Å². The van der Waals surface area contributed by atoms with Crippen LogP contribution >= 0.6 is 0 Å². The maximum absolute atomic E-state index is 11.3. The second-order valence-corrected chi connectivity index (χ2v) is 6.21. The molecule has 2 heterocycles. The van der Waals surface area contributed by atoms with E-state index in [9.17, 15) is 8.42 Å². The van der Waals surface area contributed by atoms with Gasteiger partial charge >= 0.3 is 0 Å². The minimum Gasteiger partial charge on any atom is -0.264 e. The van der Waals surface area contributed by atoms with E-state index in [2.05, 4.69) is 11.1 Å². The molecule has 1 aliphatic heterocycles. The Kier molecular flexibility index (Phi) is 3.25. The van der Waals surface area contributed by atoms with Gasteiger partial charge in [0.1, 0.15) is 0 Å². The van der Waals surface area contributed by atoms with Crippen molar-refractivity contribution in [3.63, 3.8) is 0 Å². The van der Waals surface area contributed by atoms with E-state index in [0.717, 1.165) is 12.8 Å². The van der Waals surface area contributed by atoms with Gasteiger partial charge in [-0.05, 0) is 30.4 Å². The van der Waals surface area contributed by atoms with Crippen molar-refractivity contribution in [3.05, 3.63) is 30.1 Å². The number of sulfonamides is 1.